The van der Waals surface area contributed by atoms with Crippen molar-refractivity contribution in [2.24, 2.45) is 0 Å². The maximum absolute atomic E-state index is 12.9. The lowest BCUT2D eigenvalue weighted by Crippen LogP contribution is -2.26. The van der Waals surface area contributed by atoms with Gasteiger partial charge in [-0.15, -0.1) is 0 Å². The Labute approximate surface area is 171 Å². The predicted molar refractivity (Wildman–Crippen MR) is 106 cm³/mol. The Kier molecular flexibility index (Phi) is 5.10. The first kappa shape index (κ1) is 21.4. The number of aromatic hydroxyl groups is 2. The van der Waals surface area contributed by atoms with Gasteiger partial charge in [0.05, 0.1) is 15.5 Å². The second-order valence-electron chi connectivity index (χ2n) is 6.28. The molecular formula is C18H15NO9S2. The van der Waals surface area contributed by atoms with Gasteiger partial charge in [0, 0.05) is 18.5 Å². The number of hydrogen-bond acceptors (Lipinski definition) is 7. The Hall–Kier alpha value is -3.35. The quantitative estimate of drug-likeness (QED) is 0.422. The zero-order valence-electron chi connectivity index (χ0n) is 15.2. The molecule has 3 aromatic carbocycles. The Morgan fingerprint density at radius 2 is 1.53 bits per heavy atom. The highest BCUT2D eigenvalue weighted by atomic mass is 32.2. The summed E-state index contributed by atoms with van der Waals surface area (Å²) in [5, 5.41) is 29.1. The van der Waals surface area contributed by atoms with Crippen LogP contribution in [0.25, 0.3) is 10.8 Å². The fourth-order valence-corrected chi connectivity index (χ4v) is 4.54. The topological polar surface area (TPSA) is 170 Å². The zero-order chi connectivity index (χ0) is 22.4. The van der Waals surface area contributed by atoms with Crippen molar-refractivity contribution in [3.05, 3.63) is 54.1 Å². The van der Waals surface area contributed by atoms with Crippen LogP contribution < -0.4 is 4.31 Å². The Bertz CT molecular complexity index is 1400. The molecule has 0 saturated heterocycles. The summed E-state index contributed by atoms with van der Waals surface area (Å²) in [6.45, 7) is 0. The molecule has 158 valence electrons. The van der Waals surface area contributed by atoms with Gasteiger partial charge in [0.1, 0.15) is 17.1 Å². The van der Waals surface area contributed by atoms with Gasteiger partial charge in [-0.2, -0.15) is 8.42 Å². The maximum Gasteiger partial charge on any atom is 0.339 e. The number of fused-ring (bicyclic) bond motifs is 1. The standard InChI is InChI=1S/C18H15NO9S2/c1-19(29(24,25)12-4-5-16(20)15(8-12)18(22)23)11-3-2-10-6-13(30(26,27)28)9-17(21)14(10)7-11/h2-9,20-21H,1H3,(H,22,23)(H,26,27,28). The van der Waals surface area contributed by atoms with Crippen molar-refractivity contribution in [3.8, 4) is 11.5 Å². The second-order valence-corrected chi connectivity index (χ2v) is 9.67. The van der Waals surface area contributed by atoms with Gasteiger partial charge in [-0.25, -0.2) is 13.2 Å². The van der Waals surface area contributed by atoms with Gasteiger partial charge in [-0.1, -0.05) is 6.07 Å². The number of rotatable bonds is 5. The Morgan fingerprint density at radius 3 is 2.13 bits per heavy atom. The Balaban J connectivity index is 2.10. The van der Waals surface area contributed by atoms with E-state index in [-0.39, 0.29) is 21.4 Å². The van der Waals surface area contributed by atoms with Crippen molar-refractivity contribution >= 4 is 42.6 Å². The normalized spacial score (nSPS) is 12.1. The van der Waals surface area contributed by atoms with Gasteiger partial charge < -0.3 is 15.3 Å². The van der Waals surface area contributed by atoms with Crippen LogP contribution in [0.15, 0.2) is 58.3 Å². The van der Waals surface area contributed by atoms with E-state index in [2.05, 4.69) is 0 Å². The van der Waals surface area contributed by atoms with Gasteiger partial charge in [-0.05, 0) is 41.8 Å². The third-order valence-electron chi connectivity index (χ3n) is 4.41. The molecule has 12 heteroatoms. The molecule has 4 N–H and O–H groups in total. The number of anilines is 1. The van der Waals surface area contributed by atoms with Crippen LogP contribution in [-0.2, 0) is 20.1 Å². The molecule has 0 unspecified atom stereocenters. The summed E-state index contributed by atoms with van der Waals surface area (Å²) in [4.78, 5) is 10.3. The van der Waals surface area contributed by atoms with Gasteiger partial charge in [0.25, 0.3) is 20.1 Å². The molecule has 0 amide bonds. The number of carboxylic acids is 1. The monoisotopic (exact) mass is 453 g/mol. The molecule has 0 aliphatic carbocycles. The minimum atomic E-state index is -4.55. The van der Waals surface area contributed by atoms with Crippen molar-refractivity contribution < 1.29 is 41.5 Å². The van der Waals surface area contributed by atoms with Crippen molar-refractivity contribution in [2.75, 3.05) is 11.4 Å². The van der Waals surface area contributed by atoms with E-state index < -0.39 is 48.1 Å². The molecular weight excluding hydrogens is 438 g/mol. The van der Waals surface area contributed by atoms with Crippen LogP contribution >= 0.6 is 0 Å². The fourth-order valence-electron chi connectivity index (χ4n) is 2.79. The summed E-state index contributed by atoms with van der Waals surface area (Å²) in [7, 11) is -7.59. The molecule has 0 aliphatic heterocycles. The molecule has 0 saturated carbocycles. The minimum Gasteiger partial charge on any atom is -0.507 e. The van der Waals surface area contributed by atoms with Crippen molar-refractivity contribution in [1.82, 2.24) is 0 Å². The molecule has 3 aromatic rings. The summed E-state index contributed by atoms with van der Waals surface area (Å²) >= 11 is 0. The van der Waals surface area contributed by atoms with Crippen molar-refractivity contribution in [2.45, 2.75) is 9.79 Å². The molecule has 0 radical (unpaired) electrons. The first-order valence-electron chi connectivity index (χ1n) is 8.12. The molecule has 0 atom stereocenters. The molecule has 0 fully saturated rings. The van der Waals surface area contributed by atoms with E-state index in [9.17, 15) is 31.8 Å². The van der Waals surface area contributed by atoms with E-state index in [1.54, 1.807) is 0 Å². The maximum atomic E-state index is 12.9. The lowest BCUT2D eigenvalue weighted by atomic mass is 10.1. The second kappa shape index (κ2) is 7.16. The average Bonchev–Trinajstić information content (AvgIpc) is 2.66. The first-order chi connectivity index (χ1) is 13.8. The van der Waals surface area contributed by atoms with E-state index in [0.29, 0.717) is 0 Å². The minimum absolute atomic E-state index is 0.0855. The van der Waals surface area contributed by atoms with E-state index in [0.717, 1.165) is 34.6 Å². The predicted octanol–water partition coefficient (Wildman–Crippen LogP) is 2.02. The number of hydrogen-bond donors (Lipinski definition) is 4. The highest BCUT2D eigenvalue weighted by molar-refractivity contribution is 7.92. The van der Waals surface area contributed by atoms with E-state index in [1.807, 2.05) is 0 Å². The number of aromatic carboxylic acids is 1. The highest BCUT2D eigenvalue weighted by Crippen LogP contribution is 2.33. The summed E-state index contributed by atoms with van der Waals surface area (Å²) in [5.74, 6) is -2.59. The van der Waals surface area contributed by atoms with Crippen LogP contribution in [0.4, 0.5) is 5.69 Å². The molecule has 3 rings (SSSR count). The molecule has 0 heterocycles. The number of nitrogens with zero attached hydrogens (tertiary/aromatic N) is 1. The van der Waals surface area contributed by atoms with E-state index in [1.165, 1.54) is 25.2 Å². The number of carbonyl (C=O) groups is 1. The zero-order valence-corrected chi connectivity index (χ0v) is 16.8. The van der Waals surface area contributed by atoms with E-state index in [4.69, 9.17) is 9.66 Å². The molecule has 10 nitrogen and oxygen atoms in total. The van der Waals surface area contributed by atoms with Crippen molar-refractivity contribution in [1.29, 1.82) is 0 Å². The molecule has 0 aliphatic rings. The number of carboxylic acid groups (broad SMARTS) is 1. The third kappa shape index (κ3) is 3.75. The van der Waals surface area contributed by atoms with Gasteiger partial charge in [0.2, 0.25) is 0 Å². The van der Waals surface area contributed by atoms with Gasteiger partial charge in [0.15, 0.2) is 0 Å². The molecule has 30 heavy (non-hydrogen) atoms. The smallest absolute Gasteiger partial charge is 0.339 e. The van der Waals surface area contributed by atoms with Crippen LogP contribution in [0.3, 0.4) is 0 Å². The lowest BCUT2D eigenvalue weighted by molar-refractivity contribution is 0.0693. The van der Waals surface area contributed by atoms with Crippen LogP contribution in [0.1, 0.15) is 10.4 Å². The number of phenolic OH excluding ortho intramolecular Hbond substituents is 1. The van der Waals surface area contributed by atoms with Crippen molar-refractivity contribution in [3.63, 3.8) is 0 Å². The van der Waals surface area contributed by atoms with Gasteiger partial charge in [-0.3, -0.25) is 8.86 Å². The average molecular weight is 453 g/mol. The largest absolute Gasteiger partial charge is 0.507 e. The van der Waals surface area contributed by atoms with E-state index >= 15 is 0 Å². The fraction of sp³-hybridized carbons (Fsp3) is 0.0556. The summed E-state index contributed by atoms with van der Waals surface area (Å²) in [6.07, 6.45) is 0. The van der Waals surface area contributed by atoms with Crippen LogP contribution in [0, 0.1) is 0 Å². The molecule has 0 bridgehead atoms. The van der Waals surface area contributed by atoms with Crippen LogP contribution in [0.2, 0.25) is 0 Å². The lowest BCUT2D eigenvalue weighted by Gasteiger charge is -2.20. The highest BCUT2D eigenvalue weighted by Gasteiger charge is 2.24. The summed E-state index contributed by atoms with van der Waals surface area (Å²) < 4.78 is 58.4. The summed E-state index contributed by atoms with van der Waals surface area (Å²) in [6, 6.07) is 8.74. The summed E-state index contributed by atoms with van der Waals surface area (Å²) in [5.41, 5.74) is -0.499. The number of benzene rings is 3. The number of sulfonamides is 1. The van der Waals surface area contributed by atoms with Crippen LogP contribution in [-0.4, -0.2) is 49.7 Å². The SMILES string of the molecule is CN(c1ccc2cc(S(=O)(=O)O)cc(O)c2c1)S(=O)(=O)c1ccc(O)c(C(=O)O)c1. The van der Waals surface area contributed by atoms with Gasteiger partial charge >= 0.3 is 5.97 Å². The molecule has 0 spiro atoms. The number of phenols is 2. The van der Waals surface area contributed by atoms with Crippen LogP contribution in [0.5, 0.6) is 11.5 Å². The first-order valence-corrected chi connectivity index (χ1v) is 11.0. The third-order valence-corrected chi connectivity index (χ3v) is 7.02. The molecule has 0 aromatic heterocycles. The Morgan fingerprint density at radius 1 is 0.867 bits per heavy atom.